The van der Waals surface area contributed by atoms with Crippen LogP contribution in [0.4, 0.5) is 10.1 Å². The Morgan fingerprint density at radius 2 is 1.74 bits per heavy atom. The minimum Gasteiger partial charge on any atom is -0.490 e. The number of hydrogen-bond donors (Lipinski definition) is 2. The zero-order valence-corrected chi connectivity index (χ0v) is 28.8. The van der Waals surface area contributed by atoms with E-state index in [9.17, 15) is 27.5 Å². The number of amides is 2. The molecule has 0 spiro atoms. The molecule has 4 atom stereocenters. The molecule has 1 fully saturated rings. The summed E-state index contributed by atoms with van der Waals surface area (Å²) in [6.45, 7) is 6.45. The molecule has 0 unspecified atom stereocenters. The van der Waals surface area contributed by atoms with Crippen LogP contribution in [-0.4, -0.2) is 86.7 Å². The zero-order chi connectivity index (χ0) is 34.1. The summed E-state index contributed by atoms with van der Waals surface area (Å²) in [5.74, 6) is -0.742. The number of benzene rings is 2. The first kappa shape index (κ1) is 36.6. The Hall–Kier alpha value is -3.22. The van der Waals surface area contributed by atoms with E-state index < -0.39 is 27.8 Å². The molecule has 260 valence electrons. The van der Waals surface area contributed by atoms with Crippen molar-refractivity contribution in [1.29, 1.82) is 0 Å². The van der Waals surface area contributed by atoms with E-state index in [1.807, 2.05) is 20.9 Å². The number of sulfonamides is 1. The van der Waals surface area contributed by atoms with Crippen LogP contribution in [0.1, 0.15) is 82.5 Å². The predicted molar refractivity (Wildman–Crippen MR) is 178 cm³/mol. The number of likely N-dealkylation sites (N-methyl/N-ethyl adjacent to an activating group) is 1. The van der Waals surface area contributed by atoms with Crippen molar-refractivity contribution >= 4 is 27.5 Å². The number of ether oxygens (including phenoxy) is 2. The minimum absolute atomic E-state index is 0.0303. The van der Waals surface area contributed by atoms with Gasteiger partial charge in [0.15, 0.2) is 0 Å². The Balaban J connectivity index is 1.64. The second-order valence-corrected chi connectivity index (χ2v) is 14.8. The summed E-state index contributed by atoms with van der Waals surface area (Å²) in [4.78, 5) is 30.9. The van der Waals surface area contributed by atoms with E-state index in [1.54, 1.807) is 22.8 Å². The molecule has 2 aliphatic rings. The van der Waals surface area contributed by atoms with Crippen molar-refractivity contribution < 1.29 is 37.0 Å². The Labute approximate surface area is 278 Å². The third kappa shape index (κ3) is 9.90. The van der Waals surface area contributed by atoms with Crippen LogP contribution in [0.15, 0.2) is 47.4 Å². The Morgan fingerprint density at radius 1 is 1.06 bits per heavy atom. The van der Waals surface area contributed by atoms with Gasteiger partial charge in [-0.1, -0.05) is 26.2 Å². The fourth-order valence-electron chi connectivity index (χ4n) is 6.30. The molecule has 0 bridgehead atoms. The van der Waals surface area contributed by atoms with Gasteiger partial charge in [-0.2, -0.15) is 0 Å². The molecule has 12 heteroatoms. The maximum atomic E-state index is 14.3. The minimum atomic E-state index is -4.08. The number of aliphatic hydroxyl groups excluding tert-OH is 1. The SMILES string of the molecule is C[C@H](CO)N1C[C@H](C)[C@@H](CN(C)C(=O)C2CCCCC2)OCCCC[C@H](C)Oc2ccc(NS(=O)(=O)c3ccc(F)cc3)cc2C1=O. The molecular formula is C35H50FN3O7S. The van der Waals surface area contributed by atoms with E-state index >= 15 is 0 Å². The molecule has 1 aliphatic carbocycles. The topological polar surface area (TPSA) is 125 Å². The van der Waals surface area contributed by atoms with Crippen LogP contribution in [0.3, 0.4) is 0 Å². The van der Waals surface area contributed by atoms with Gasteiger partial charge >= 0.3 is 0 Å². The van der Waals surface area contributed by atoms with Crippen molar-refractivity contribution in [2.24, 2.45) is 11.8 Å². The highest BCUT2D eigenvalue weighted by Crippen LogP contribution is 2.30. The van der Waals surface area contributed by atoms with Gasteiger partial charge in [0.1, 0.15) is 11.6 Å². The smallest absolute Gasteiger partial charge is 0.261 e. The maximum Gasteiger partial charge on any atom is 0.261 e. The molecular weight excluding hydrogens is 625 g/mol. The largest absolute Gasteiger partial charge is 0.490 e. The third-order valence-corrected chi connectivity index (χ3v) is 10.6. The number of carbonyl (C=O) groups is 2. The number of hydrogen-bond acceptors (Lipinski definition) is 7. The van der Waals surface area contributed by atoms with Crippen LogP contribution in [0.5, 0.6) is 5.75 Å². The fourth-order valence-corrected chi connectivity index (χ4v) is 7.35. The lowest BCUT2D eigenvalue weighted by Crippen LogP contribution is -2.48. The molecule has 47 heavy (non-hydrogen) atoms. The van der Waals surface area contributed by atoms with Gasteiger partial charge in [0.25, 0.3) is 15.9 Å². The molecule has 4 rings (SSSR count). The molecule has 0 radical (unpaired) electrons. The standard InChI is InChI=1S/C35H50FN3O7S/c1-24-21-39(25(2)23-40)35(42)31-20-29(37-47(43,44)30-16-13-28(36)14-17-30)15-18-32(31)46-26(3)10-8-9-19-45-33(24)22-38(4)34(41)27-11-6-5-7-12-27/h13-18,20,24-27,33,37,40H,5-12,19,21-23H2,1-4H3/t24-,25+,26-,33+/m0/s1. The molecule has 2 amide bonds. The van der Waals surface area contributed by atoms with Crippen LogP contribution < -0.4 is 9.46 Å². The van der Waals surface area contributed by atoms with Crippen molar-refractivity contribution in [1.82, 2.24) is 9.80 Å². The maximum absolute atomic E-state index is 14.3. The number of anilines is 1. The summed E-state index contributed by atoms with van der Waals surface area (Å²) in [7, 11) is -2.26. The fraction of sp³-hybridized carbons (Fsp3) is 0.600. The third-order valence-electron chi connectivity index (χ3n) is 9.21. The van der Waals surface area contributed by atoms with Crippen molar-refractivity contribution in [3.63, 3.8) is 0 Å². The van der Waals surface area contributed by atoms with Crippen LogP contribution in [-0.2, 0) is 19.6 Å². The van der Waals surface area contributed by atoms with Crippen molar-refractivity contribution in [2.75, 3.05) is 38.1 Å². The predicted octanol–water partition coefficient (Wildman–Crippen LogP) is 5.46. The summed E-state index contributed by atoms with van der Waals surface area (Å²) in [6.07, 6.45) is 6.83. The van der Waals surface area contributed by atoms with Crippen molar-refractivity contribution in [2.45, 2.75) is 95.3 Å². The molecule has 1 aliphatic heterocycles. The Morgan fingerprint density at radius 3 is 2.43 bits per heavy atom. The number of aliphatic hydroxyl groups is 1. The molecule has 2 aromatic carbocycles. The van der Waals surface area contributed by atoms with Gasteiger partial charge in [0, 0.05) is 44.3 Å². The van der Waals surface area contributed by atoms with E-state index in [4.69, 9.17) is 9.47 Å². The molecule has 10 nitrogen and oxygen atoms in total. The number of halogens is 1. The van der Waals surface area contributed by atoms with Gasteiger partial charge in [-0.3, -0.25) is 14.3 Å². The quantitative estimate of drug-likeness (QED) is 0.381. The van der Waals surface area contributed by atoms with Crippen LogP contribution in [0.2, 0.25) is 0 Å². The highest BCUT2D eigenvalue weighted by Gasteiger charge is 2.32. The van der Waals surface area contributed by atoms with E-state index in [2.05, 4.69) is 4.72 Å². The highest BCUT2D eigenvalue weighted by atomic mass is 32.2. The normalized spacial score (nSPS) is 22.8. The highest BCUT2D eigenvalue weighted by molar-refractivity contribution is 7.92. The van der Waals surface area contributed by atoms with E-state index in [1.165, 1.54) is 12.1 Å². The first-order valence-corrected chi connectivity index (χ1v) is 18.3. The monoisotopic (exact) mass is 675 g/mol. The van der Waals surface area contributed by atoms with Crippen molar-refractivity contribution in [3.05, 3.63) is 53.8 Å². The van der Waals surface area contributed by atoms with E-state index in [-0.39, 0.29) is 59.2 Å². The second-order valence-electron chi connectivity index (χ2n) is 13.1. The lowest BCUT2D eigenvalue weighted by atomic mass is 9.88. The first-order chi connectivity index (χ1) is 22.4. The summed E-state index contributed by atoms with van der Waals surface area (Å²) in [5, 5.41) is 10.2. The molecule has 1 saturated carbocycles. The summed E-state index contributed by atoms with van der Waals surface area (Å²) >= 11 is 0. The molecule has 0 saturated heterocycles. The Bertz CT molecular complexity index is 1450. The first-order valence-electron chi connectivity index (χ1n) is 16.8. The van der Waals surface area contributed by atoms with Gasteiger partial charge in [-0.05, 0) is 88.4 Å². The van der Waals surface area contributed by atoms with E-state index in [0.717, 1.165) is 69.2 Å². The molecule has 2 aromatic rings. The number of rotatable bonds is 8. The van der Waals surface area contributed by atoms with E-state index in [0.29, 0.717) is 25.3 Å². The molecule has 1 heterocycles. The van der Waals surface area contributed by atoms with Crippen LogP contribution in [0, 0.1) is 17.7 Å². The molecule has 2 N–H and O–H groups in total. The lowest BCUT2D eigenvalue weighted by Gasteiger charge is -2.36. The van der Waals surface area contributed by atoms with Gasteiger partial charge in [0.05, 0.1) is 35.3 Å². The average molecular weight is 676 g/mol. The number of nitrogens with one attached hydrogen (secondary N) is 1. The van der Waals surface area contributed by atoms with Gasteiger partial charge < -0.3 is 24.4 Å². The average Bonchev–Trinajstić information content (AvgIpc) is 3.06. The summed E-state index contributed by atoms with van der Waals surface area (Å²) < 4.78 is 54.7. The summed E-state index contributed by atoms with van der Waals surface area (Å²) in [6, 6.07) is 8.40. The second kappa shape index (κ2) is 16.7. The number of fused-ring (bicyclic) bond motifs is 1. The number of nitrogens with zero attached hydrogens (tertiary/aromatic N) is 2. The van der Waals surface area contributed by atoms with Gasteiger partial charge in [-0.25, -0.2) is 12.8 Å². The Kier molecular flexibility index (Phi) is 13.0. The zero-order valence-electron chi connectivity index (χ0n) is 28.0. The lowest BCUT2D eigenvalue weighted by molar-refractivity contribution is -0.137. The number of carbonyl (C=O) groups excluding carboxylic acids is 2. The summed E-state index contributed by atoms with van der Waals surface area (Å²) in [5.41, 5.74) is 0.273. The van der Waals surface area contributed by atoms with Crippen LogP contribution >= 0.6 is 0 Å². The van der Waals surface area contributed by atoms with Crippen LogP contribution in [0.25, 0.3) is 0 Å². The molecule has 0 aromatic heterocycles. The van der Waals surface area contributed by atoms with Gasteiger partial charge in [-0.15, -0.1) is 0 Å². The van der Waals surface area contributed by atoms with Gasteiger partial charge in [0.2, 0.25) is 5.91 Å². The van der Waals surface area contributed by atoms with Crippen molar-refractivity contribution in [3.8, 4) is 5.75 Å².